The Bertz CT molecular complexity index is 661. The molecule has 1 aliphatic rings. The lowest BCUT2D eigenvalue weighted by Crippen LogP contribution is -2.44. The van der Waals surface area contributed by atoms with Gasteiger partial charge in [0.1, 0.15) is 30.0 Å². The molecule has 21 heavy (non-hydrogen) atoms. The van der Waals surface area contributed by atoms with Crippen LogP contribution in [-0.4, -0.2) is 43.9 Å². The maximum absolute atomic E-state index is 10.3. The van der Waals surface area contributed by atoms with Crippen molar-refractivity contribution >= 4 is 39.0 Å². The summed E-state index contributed by atoms with van der Waals surface area (Å²) in [6.07, 6.45) is 0.357. The zero-order valence-electron chi connectivity index (χ0n) is 11.4. The van der Waals surface area contributed by atoms with E-state index in [1.807, 2.05) is 12.3 Å². The largest absolute Gasteiger partial charge is 0.393 e. The first-order valence-corrected chi connectivity index (χ1v) is 7.94. The van der Waals surface area contributed by atoms with E-state index in [0.717, 1.165) is 10.3 Å². The Morgan fingerprint density at radius 3 is 2.90 bits per heavy atom. The van der Waals surface area contributed by atoms with Crippen LogP contribution in [-0.2, 0) is 4.74 Å². The smallest absolute Gasteiger partial charge is 0.144 e. The van der Waals surface area contributed by atoms with Crippen molar-refractivity contribution in [2.45, 2.75) is 36.5 Å². The minimum atomic E-state index is -1.04. The SMILES string of the molecule is CC[C@]1(CO)O[C@@H](c2csc3c(N)ncnc23)[C@H](Cl)[C@@H]1O. The number of anilines is 1. The summed E-state index contributed by atoms with van der Waals surface area (Å²) in [5.41, 5.74) is 6.25. The van der Waals surface area contributed by atoms with Crippen molar-refractivity contribution in [3.63, 3.8) is 0 Å². The average Bonchev–Trinajstić information content (AvgIpc) is 3.02. The van der Waals surface area contributed by atoms with Crippen LogP contribution in [0.4, 0.5) is 5.82 Å². The molecule has 0 spiro atoms. The highest BCUT2D eigenvalue weighted by atomic mass is 35.5. The Labute approximate surface area is 130 Å². The van der Waals surface area contributed by atoms with E-state index in [2.05, 4.69) is 9.97 Å². The van der Waals surface area contributed by atoms with Gasteiger partial charge in [0, 0.05) is 5.56 Å². The second kappa shape index (κ2) is 5.33. The van der Waals surface area contributed by atoms with E-state index in [4.69, 9.17) is 22.1 Å². The summed E-state index contributed by atoms with van der Waals surface area (Å²) in [7, 11) is 0. The van der Waals surface area contributed by atoms with Crippen molar-refractivity contribution in [3.8, 4) is 0 Å². The lowest BCUT2D eigenvalue weighted by Gasteiger charge is -2.28. The van der Waals surface area contributed by atoms with Crippen LogP contribution in [0, 0.1) is 0 Å². The number of ether oxygens (including phenoxy) is 1. The number of nitrogens with zero attached hydrogens (tertiary/aromatic N) is 2. The highest BCUT2D eigenvalue weighted by Crippen LogP contribution is 2.47. The predicted octanol–water partition coefficient (Wildman–Crippen LogP) is 1.45. The molecular weight excluding hydrogens is 314 g/mol. The first-order chi connectivity index (χ1) is 10.0. The molecule has 1 aliphatic heterocycles. The minimum Gasteiger partial charge on any atom is -0.393 e. The van der Waals surface area contributed by atoms with Crippen LogP contribution >= 0.6 is 22.9 Å². The zero-order valence-corrected chi connectivity index (χ0v) is 12.9. The van der Waals surface area contributed by atoms with E-state index in [9.17, 15) is 10.2 Å². The van der Waals surface area contributed by atoms with Gasteiger partial charge in [-0.05, 0) is 11.8 Å². The second-order valence-corrected chi connectivity index (χ2v) is 6.52. The Hall–Kier alpha value is -0.990. The van der Waals surface area contributed by atoms with Gasteiger partial charge in [0.15, 0.2) is 0 Å². The summed E-state index contributed by atoms with van der Waals surface area (Å²) in [4.78, 5) is 8.20. The Morgan fingerprint density at radius 1 is 1.52 bits per heavy atom. The van der Waals surface area contributed by atoms with Gasteiger partial charge in [-0.2, -0.15) is 0 Å². The van der Waals surface area contributed by atoms with Gasteiger partial charge in [0.25, 0.3) is 0 Å². The van der Waals surface area contributed by atoms with Crippen LogP contribution in [0.2, 0.25) is 0 Å². The van der Waals surface area contributed by atoms with Crippen molar-refractivity contribution in [1.29, 1.82) is 0 Å². The molecule has 0 unspecified atom stereocenters. The molecule has 1 saturated heterocycles. The Morgan fingerprint density at radius 2 is 2.29 bits per heavy atom. The standard InChI is InChI=1S/C13H16ClN3O3S/c1-2-13(4-18)11(19)7(14)9(20-13)6-3-21-10-8(6)16-5-17-12(10)15/h3,5,7,9,11,18-19H,2,4H2,1H3,(H2,15,16,17)/t7-,9-,11-,13+/m0/s1. The van der Waals surface area contributed by atoms with Gasteiger partial charge in [-0.25, -0.2) is 9.97 Å². The number of hydrogen-bond donors (Lipinski definition) is 3. The van der Waals surface area contributed by atoms with Crippen LogP contribution < -0.4 is 5.73 Å². The maximum atomic E-state index is 10.3. The third-order valence-electron chi connectivity index (χ3n) is 4.07. The number of hydrogen-bond acceptors (Lipinski definition) is 7. The molecule has 8 heteroatoms. The molecule has 0 saturated carbocycles. The lowest BCUT2D eigenvalue weighted by atomic mass is 9.93. The number of thiophene rings is 1. The van der Waals surface area contributed by atoms with Crippen molar-refractivity contribution in [1.82, 2.24) is 9.97 Å². The number of halogens is 1. The van der Waals surface area contributed by atoms with E-state index in [1.165, 1.54) is 17.7 Å². The van der Waals surface area contributed by atoms with Gasteiger partial charge in [-0.3, -0.25) is 0 Å². The third kappa shape index (κ3) is 2.11. The number of aliphatic hydroxyl groups is 2. The fourth-order valence-electron chi connectivity index (χ4n) is 2.70. The summed E-state index contributed by atoms with van der Waals surface area (Å²) in [5, 5.41) is 21.1. The molecule has 4 atom stereocenters. The molecule has 114 valence electrons. The highest BCUT2D eigenvalue weighted by Gasteiger charge is 2.53. The molecule has 2 aromatic rings. The van der Waals surface area contributed by atoms with Gasteiger partial charge >= 0.3 is 0 Å². The van der Waals surface area contributed by atoms with Gasteiger partial charge in [0.05, 0.1) is 22.2 Å². The zero-order chi connectivity index (χ0) is 15.2. The van der Waals surface area contributed by atoms with Gasteiger partial charge in [-0.1, -0.05) is 6.92 Å². The van der Waals surface area contributed by atoms with E-state index in [0.29, 0.717) is 17.8 Å². The van der Waals surface area contributed by atoms with Gasteiger partial charge in [0.2, 0.25) is 0 Å². The molecule has 0 radical (unpaired) electrons. The summed E-state index contributed by atoms with van der Waals surface area (Å²) < 4.78 is 6.71. The predicted molar refractivity (Wildman–Crippen MR) is 81.4 cm³/mol. The summed E-state index contributed by atoms with van der Waals surface area (Å²) in [6, 6.07) is 0. The molecule has 0 aliphatic carbocycles. The summed E-state index contributed by atoms with van der Waals surface area (Å²) >= 11 is 7.76. The number of fused-ring (bicyclic) bond motifs is 1. The van der Waals surface area contributed by atoms with Crippen molar-refractivity contribution in [3.05, 3.63) is 17.3 Å². The molecule has 6 nitrogen and oxygen atoms in total. The summed E-state index contributed by atoms with van der Waals surface area (Å²) in [6.45, 7) is 1.56. The molecule has 0 bridgehead atoms. The van der Waals surface area contributed by atoms with Gasteiger partial charge < -0.3 is 20.7 Å². The summed E-state index contributed by atoms with van der Waals surface area (Å²) in [5.74, 6) is 0.407. The number of aliphatic hydroxyl groups excluding tert-OH is 2. The fraction of sp³-hybridized carbons (Fsp3) is 0.538. The number of alkyl halides is 1. The van der Waals surface area contributed by atoms with Crippen LogP contribution in [0.1, 0.15) is 25.0 Å². The van der Waals surface area contributed by atoms with Gasteiger partial charge in [-0.15, -0.1) is 22.9 Å². The number of rotatable bonds is 3. The van der Waals surface area contributed by atoms with E-state index < -0.39 is 23.2 Å². The fourth-order valence-corrected chi connectivity index (χ4v) is 4.07. The monoisotopic (exact) mass is 329 g/mol. The van der Waals surface area contributed by atoms with Crippen LogP contribution in [0.5, 0.6) is 0 Å². The van der Waals surface area contributed by atoms with E-state index in [1.54, 1.807) is 0 Å². The normalized spacial score (nSPS) is 32.9. The third-order valence-corrected chi connectivity index (χ3v) is 5.55. The molecule has 0 aromatic carbocycles. The topological polar surface area (TPSA) is 101 Å². The van der Waals surface area contributed by atoms with Crippen LogP contribution in [0.25, 0.3) is 10.2 Å². The Balaban J connectivity index is 2.06. The first-order valence-electron chi connectivity index (χ1n) is 6.62. The molecular formula is C13H16ClN3O3S. The molecule has 3 heterocycles. The molecule has 3 rings (SSSR count). The van der Waals surface area contributed by atoms with Crippen LogP contribution in [0.15, 0.2) is 11.7 Å². The number of nitrogen functional groups attached to an aromatic ring is 1. The van der Waals surface area contributed by atoms with Crippen LogP contribution in [0.3, 0.4) is 0 Å². The second-order valence-electron chi connectivity index (χ2n) is 5.13. The van der Waals surface area contributed by atoms with Crippen molar-refractivity contribution in [2.75, 3.05) is 12.3 Å². The molecule has 4 N–H and O–H groups in total. The number of aromatic nitrogens is 2. The molecule has 2 aromatic heterocycles. The molecule has 0 amide bonds. The first kappa shape index (κ1) is 14.9. The van der Waals surface area contributed by atoms with Crippen molar-refractivity contribution in [2.24, 2.45) is 0 Å². The quantitative estimate of drug-likeness (QED) is 0.737. The van der Waals surface area contributed by atoms with Crippen molar-refractivity contribution < 1.29 is 14.9 Å². The molecule has 1 fully saturated rings. The minimum absolute atomic E-state index is 0.288. The Kier molecular flexibility index (Phi) is 3.79. The van der Waals surface area contributed by atoms with E-state index >= 15 is 0 Å². The highest BCUT2D eigenvalue weighted by molar-refractivity contribution is 7.18. The lowest BCUT2D eigenvalue weighted by molar-refractivity contribution is -0.113. The average molecular weight is 330 g/mol. The van der Waals surface area contributed by atoms with E-state index in [-0.39, 0.29) is 6.61 Å². The number of nitrogens with two attached hydrogens (primary N) is 1. The maximum Gasteiger partial charge on any atom is 0.144 e.